The molecule has 0 fully saturated rings. The summed E-state index contributed by atoms with van der Waals surface area (Å²) >= 11 is 9.21. The zero-order valence-corrected chi connectivity index (χ0v) is 14.8. The minimum Gasteiger partial charge on any atom is -0.496 e. The zero-order chi connectivity index (χ0) is 15.5. The van der Waals surface area contributed by atoms with Crippen LogP contribution < -0.4 is 10.1 Å². The van der Waals surface area contributed by atoms with E-state index in [1.54, 1.807) is 30.2 Å². The van der Waals surface area contributed by atoms with Gasteiger partial charge in [0.15, 0.2) is 4.34 Å². The van der Waals surface area contributed by atoms with Crippen LogP contribution in [0.2, 0.25) is 5.02 Å². The molecule has 0 radical (unpaired) electrons. The third kappa shape index (κ3) is 5.05. The van der Waals surface area contributed by atoms with Gasteiger partial charge in [0.2, 0.25) is 5.13 Å². The molecule has 1 aromatic carbocycles. The van der Waals surface area contributed by atoms with Gasteiger partial charge in [-0.05, 0) is 39.0 Å². The molecule has 1 aromatic heterocycles. The van der Waals surface area contributed by atoms with Crippen molar-refractivity contribution in [3.05, 3.63) is 28.8 Å². The quantitative estimate of drug-likeness (QED) is 0.797. The summed E-state index contributed by atoms with van der Waals surface area (Å²) in [6, 6.07) is 5.62. The molecule has 4 nitrogen and oxygen atoms in total. The van der Waals surface area contributed by atoms with E-state index in [-0.39, 0.29) is 5.54 Å². The summed E-state index contributed by atoms with van der Waals surface area (Å²) in [6.07, 6.45) is 0. The minimum atomic E-state index is -0.0162. The second-order valence-corrected chi connectivity index (χ2v) is 8.13. The molecule has 114 valence electrons. The lowest BCUT2D eigenvalue weighted by Crippen LogP contribution is -2.25. The van der Waals surface area contributed by atoms with E-state index in [9.17, 15) is 0 Å². The molecule has 2 aromatic rings. The number of hydrogen-bond donors (Lipinski definition) is 1. The third-order valence-corrected chi connectivity index (χ3v) is 4.74. The van der Waals surface area contributed by atoms with Gasteiger partial charge in [-0.15, -0.1) is 10.2 Å². The standard InChI is InChI=1S/C14H18ClN3OS2/c1-14(2,3)16-12-17-18-13(21-12)20-8-9-7-10(15)5-6-11(9)19-4/h5-7H,8H2,1-4H3,(H,16,17). The molecule has 0 atom stereocenters. The summed E-state index contributed by atoms with van der Waals surface area (Å²) in [7, 11) is 1.66. The molecule has 7 heteroatoms. The number of hydrogen-bond acceptors (Lipinski definition) is 6. The number of nitrogens with one attached hydrogen (secondary N) is 1. The molecule has 0 bridgehead atoms. The smallest absolute Gasteiger partial charge is 0.206 e. The number of aromatic nitrogens is 2. The molecule has 1 heterocycles. The lowest BCUT2D eigenvalue weighted by molar-refractivity contribution is 0.411. The van der Waals surface area contributed by atoms with E-state index in [0.29, 0.717) is 5.02 Å². The van der Waals surface area contributed by atoms with E-state index < -0.39 is 0 Å². The number of benzene rings is 1. The Morgan fingerprint density at radius 3 is 2.76 bits per heavy atom. The van der Waals surface area contributed by atoms with E-state index >= 15 is 0 Å². The average molecular weight is 344 g/mol. The van der Waals surface area contributed by atoms with Crippen LogP contribution in [-0.4, -0.2) is 22.8 Å². The van der Waals surface area contributed by atoms with Crippen molar-refractivity contribution < 1.29 is 4.74 Å². The fraction of sp³-hybridized carbons (Fsp3) is 0.429. The topological polar surface area (TPSA) is 47.0 Å². The van der Waals surface area contributed by atoms with E-state index in [2.05, 4.69) is 36.3 Å². The molecule has 0 aliphatic carbocycles. The molecule has 21 heavy (non-hydrogen) atoms. The van der Waals surface area contributed by atoms with Crippen LogP contribution in [0.1, 0.15) is 26.3 Å². The van der Waals surface area contributed by atoms with Crippen molar-refractivity contribution in [2.75, 3.05) is 12.4 Å². The van der Waals surface area contributed by atoms with Crippen molar-refractivity contribution >= 4 is 39.8 Å². The van der Waals surface area contributed by atoms with Crippen molar-refractivity contribution in [1.29, 1.82) is 0 Å². The molecule has 0 saturated carbocycles. The molecular formula is C14H18ClN3OS2. The predicted molar refractivity (Wildman–Crippen MR) is 90.8 cm³/mol. The predicted octanol–water partition coefficient (Wildman–Crippen LogP) is 4.70. The Balaban J connectivity index is 2.02. The van der Waals surface area contributed by atoms with Gasteiger partial charge >= 0.3 is 0 Å². The number of halogens is 1. The van der Waals surface area contributed by atoms with Gasteiger partial charge in [0.1, 0.15) is 5.75 Å². The van der Waals surface area contributed by atoms with Gasteiger partial charge in [0.25, 0.3) is 0 Å². The molecule has 0 aliphatic rings. The Kier molecular flexibility index (Phi) is 5.35. The maximum absolute atomic E-state index is 6.03. The molecular weight excluding hydrogens is 326 g/mol. The van der Waals surface area contributed by atoms with E-state index in [4.69, 9.17) is 16.3 Å². The number of thioether (sulfide) groups is 1. The summed E-state index contributed by atoms with van der Waals surface area (Å²) in [5, 5.41) is 13.2. The van der Waals surface area contributed by atoms with Crippen molar-refractivity contribution in [2.45, 2.75) is 36.4 Å². The fourth-order valence-corrected chi connectivity index (χ4v) is 3.77. The summed E-state index contributed by atoms with van der Waals surface area (Å²) in [6.45, 7) is 6.29. The highest BCUT2D eigenvalue weighted by Crippen LogP contribution is 2.33. The number of methoxy groups -OCH3 is 1. The van der Waals surface area contributed by atoms with Gasteiger partial charge < -0.3 is 10.1 Å². The van der Waals surface area contributed by atoms with E-state index in [1.807, 2.05) is 18.2 Å². The van der Waals surface area contributed by atoms with Crippen LogP contribution >= 0.6 is 34.7 Å². The van der Waals surface area contributed by atoms with Gasteiger partial charge in [-0.3, -0.25) is 0 Å². The highest BCUT2D eigenvalue weighted by molar-refractivity contribution is 8.00. The summed E-state index contributed by atoms with van der Waals surface area (Å²) < 4.78 is 6.26. The van der Waals surface area contributed by atoms with E-state index in [0.717, 1.165) is 26.5 Å². The van der Waals surface area contributed by atoms with Crippen molar-refractivity contribution in [3.8, 4) is 5.75 Å². The van der Waals surface area contributed by atoms with Crippen molar-refractivity contribution in [1.82, 2.24) is 10.2 Å². The zero-order valence-electron chi connectivity index (χ0n) is 12.4. The van der Waals surface area contributed by atoms with Crippen LogP contribution in [-0.2, 0) is 5.75 Å². The number of ether oxygens (including phenoxy) is 1. The lowest BCUT2D eigenvalue weighted by Gasteiger charge is -2.18. The van der Waals surface area contributed by atoms with Crippen LogP contribution in [0.25, 0.3) is 0 Å². The summed E-state index contributed by atoms with van der Waals surface area (Å²) in [5.41, 5.74) is 1.04. The molecule has 1 N–H and O–H groups in total. The Morgan fingerprint density at radius 2 is 2.10 bits per heavy atom. The second kappa shape index (κ2) is 6.85. The second-order valence-electron chi connectivity index (χ2n) is 5.49. The molecule has 0 amide bonds. The van der Waals surface area contributed by atoms with Crippen LogP contribution in [0.5, 0.6) is 5.75 Å². The van der Waals surface area contributed by atoms with Gasteiger partial charge in [-0.2, -0.15) is 0 Å². The fourth-order valence-electron chi connectivity index (χ4n) is 1.64. The van der Waals surface area contributed by atoms with Crippen LogP contribution in [0.3, 0.4) is 0 Å². The molecule has 0 spiro atoms. The van der Waals surface area contributed by atoms with Crippen LogP contribution in [0.4, 0.5) is 5.13 Å². The summed E-state index contributed by atoms with van der Waals surface area (Å²) in [5.74, 6) is 1.58. The maximum Gasteiger partial charge on any atom is 0.206 e. The number of nitrogens with zero attached hydrogens (tertiary/aromatic N) is 2. The highest BCUT2D eigenvalue weighted by Gasteiger charge is 2.14. The monoisotopic (exact) mass is 343 g/mol. The minimum absolute atomic E-state index is 0.0162. The first-order chi connectivity index (χ1) is 9.87. The third-order valence-electron chi connectivity index (χ3n) is 2.48. The van der Waals surface area contributed by atoms with Crippen molar-refractivity contribution in [2.24, 2.45) is 0 Å². The highest BCUT2D eigenvalue weighted by atomic mass is 35.5. The molecule has 0 saturated heterocycles. The van der Waals surface area contributed by atoms with Crippen LogP contribution in [0, 0.1) is 0 Å². The lowest BCUT2D eigenvalue weighted by atomic mass is 10.1. The SMILES string of the molecule is COc1ccc(Cl)cc1CSc1nnc(NC(C)(C)C)s1. The van der Waals surface area contributed by atoms with E-state index in [1.165, 1.54) is 0 Å². The number of anilines is 1. The first kappa shape index (κ1) is 16.4. The van der Waals surface area contributed by atoms with Gasteiger partial charge in [-0.25, -0.2) is 0 Å². The Morgan fingerprint density at radius 1 is 1.33 bits per heavy atom. The Labute approximate surface area is 138 Å². The molecule has 0 unspecified atom stereocenters. The van der Waals surface area contributed by atoms with Gasteiger partial charge in [0.05, 0.1) is 7.11 Å². The first-order valence-electron chi connectivity index (χ1n) is 6.44. The van der Waals surface area contributed by atoms with Gasteiger partial charge in [-0.1, -0.05) is 34.7 Å². The molecule has 2 rings (SSSR count). The van der Waals surface area contributed by atoms with Gasteiger partial charge in [0, 0.05) is 21.9 Å². The molecule has 0 aliphatic heterocycles. The Bertz CT molecular complexity index is 611. The van der Waals surface area contributed by atoms with Crippen LogP contribution in [0.15, 0.2) is 22.5 Å². The number of rotatable bonds is 5. The normalized spacial score (nSPS) is 11.5. The summed E-state index contributed by atoms with van der Waals surface area (Å²) in [4.78, 5) is 0. The average Bonchev–Trinajstić information content (AvgIpc) is 2.82. The van der Waals surface area contributed by atoms with Crippen molar-refractivity contribution in [3.63, 3.8) is 0 Å². The first-order valence-corrected chi connectivity index (χ1v) is 8.62. The Hall–Kier alpha value is -0.980. The largest absolute Gasteiger partial charge is 0.496 e. The maximum atomic E-state index is 6.03.